The number of nitrogens with two attached hydrogens (primary N) is 1. The molecule has 0 bridgehead atoms. The van der Waals surface area contributed by atoms with Crippen molar-refractivity contribution in [3.05, 3.63) is 22.2 Å². The Morgan fingerprint density at radius 1 is 1.35 bits per heavy atom. The Bertz CT molecular complexity index is 412. The topological polar surface area (TPSA) is 61.5 Å². The van der Waals surface area contributed by atoms with E-state index in [1.807, 2.05) is 12.1 Å². The molecular weight excluding hydrogens is 306 g/mol. The third kappa shape index (κ3) is 4.12. The minimum Gasteiger partial charge on any atom is -0.496 e. The first kappa shape index (κ1) is 14.2. The summed E-state index contributed by atoms with van der Waals surface area (Å²) in [4.78, 5) is 10.7. The van der Waals surface area contributed by atoms with Crippen molar-refractivity contribution in [2.24, 2.45) is 5.73 Å². The molecule has 0 saturated heterocycles. The molecule has 0 spiro atoms. The van der Waals surface area contributed by atoms with Gasteiger partial charge in [-0.15, -0.1) is 11.8 Å². The van der Waals surface area contributed by atoms with Crippen LogP contribution in [-0.4, -0.2) is 25.9 Å². The molecule has 0 aliphatic carbocycles. The molecule has 0 aliphatic rings. The van der Waals surface area contributed by atoms with Gasteiger partial charge in [-0.3, -0.25) is 4.79 Å². The lowest BCUT2D eigenvalue weighted by molar-refractivity contribution is -0.115. The van der Waals surface area contributed by atoms with Crippen LogP contribution in [0.3, 0.4) is 0 Å². The fourth-order valence-corrected chi connectivity index (χ4v) is 2.53. The summed E-state index contributed by atoms with van der Waals surface area (Å²) in [5.74, 6) is 2.12. The zero-order valence-electron chi connectivity index (χ0n) is 9.66. The third-order valence-corrected chi connectivity index (χ3v) is 3.68. The number of thioether (sulfide) groups is 1. The fourth-order valence-electron chi connectivity index (χ4n) is 1.30. The van der Waals surface area contributed by atoms with E-state index in [0.717, 1.165) is 21.5 Å². The van der Waals surface area contributed by atoms with Crippen LogP contribution in [0.5, 0.6) is 11.5 Å². The number of rotatable bonds is 6. The highest BCUT2D eigenvalue weighted by Crippen LogP contribution is 2.34. The number of carbonyl (C=O) groups is 1. The molecule has 2 N–H and O–H groups in total. The number of benzene rings is 1. The van der Waals surface area contributed by atoms with Crippen LogP contribution >= 0.6 is 27.7 Å². The first-order valence-corrected chi connectivity index (χ1v) is 6.79. The Labute approximate surface area is 113 Å². The van der Waals surface area contributed by atoms with Crippen molar-refractivity contribution in [2.45, 2.75) is 5.75 Å². The number of methoxy groups -OCH3 is 2. The summed E-state index contributed by atoms with van der Waals surface area (Å²) in [5, 5.41) is 0. The quantitative estimate of drug-likeness (QED) is 0.873. The number of hydrogen-bond acceptors (Lipinski definition) is 4. The maximum absolute atomic E-state index is 10.7. The minimum atomic E-state index is -0.321. The summed E-state index contributed by atoms with van der Waals surface area (Å²) in [7, 11) is 3.21. The zero-order chi connectivity index (χ0) is 12.8. The van der Waals surface area contributed by atoms with E-state index in [0.29, 0.717) is 11.5 Å². The smallest absolute Gasteiger partial charge is 0.227 e. The van der Waals surface area contributed by atoms with Crippen molar-refractivity contribution in [1.82, 2.24) is 0 Å². The van der Waals surface area contributed by atoms with Gasteiger partial charge < -0.3 is 15.2 Å². The van der Waals surface area contributed by atoms with Gasteiger partial charge in [-0.1, -0.05) is 0 Å². The molecule has 0 aromatic heterocycles. The largest absolute Gasteiger partial charge is 0.496 e. The van der Waals surface area contributed by atoms with E-state index >= 15 is 0 Å². The van der Waals surface area contributed by atoms with Crippen molar-refractivity contribution in [3.8, 4) is 11.5 Å². The molecule has 0 radical (unpaired) electrons. The molecule has 0 heterocycles. The number of primary amides is 1. The van der Waals surface area contributed by atoms with Crippen molar-refractivity contribution >= 4 is 33.6 Å². The number of halogens is 1. The van der Waals surface area contributed by atoms with Gasteiger partial charge in [-0.2, -0.15) is 0 Å². The van der Waals surface area contributed by atoms with E-state index in [1.54, 1.807) is 14.2 Å². The summed E-state index contributed by atoms with van der Waals surface area (Å²) in [6.07, 6.45) is 0. The van der Waals surface area contributed by atoms with Crippen LogP contribution in [0.1, 0.15) is 5.56 Å². The van der Waals surface area contributed by atoms with Gasteiger partial charge in [0.05, 0.1) is 24.4 Å². The first-order chi connectivity index (χ1) is 8.08. The molecule has 6 heteroatoms. The van der Waals surface area contributed by atoms with Gasteiger partial charge in [-0.25, -0.2) is 0 Å². The summed E-state index contributed by atoms with van der Waals surface area (Å²) >= 11 is 4.83. The maximum atomic E-state index is 10.7. The van der Waals surface area contributed by atoms with Crippen LogP contribution in [0, 0.1) is 0 Å². The Morgan fingerprint density at radius 3 is 2.53 bits per heavy atom. The first-order valence-electron chi connectivity index (χ1n) is 4.85. The second-order valence-corrected chi connectivity index (χ2v) is 5.10. The lowest BCUT2D eigenvalue weighted by atomic mass is 10.2. The molecule has 17 heavy (non-hydrogen) atoms. The predicted octanol–water partition coefficient (Wildman–Crippen LogP) is 2.18. The average molecular weight is 320 g/mol. The van der Waals surface area contributed by atoms with Crippen molar-refractivity contribution in [2.75, 3.05) is 20.0 Å². The SMILES string of the molecule is COc1cc(CSCC(N)=O)c(OC)cc1Br. The number of ether oxygens (including phenoxy) is 2. The van der Waals surface area contributed by atoms with Gasteiger partial charge in [-0.05, 0) is 28.1 Å². The van der Waals surface area contributed by atoms with Gasteiger partial charge in [0.15, 0.2) is 0 Å². The van der Waals surface area contributed by atoms with Crippen LogP contribution in [0.4, 0.5) is 0 Å². The van der Waals surface area contributed by atoms with Gasteiger partial charge in [0.25, 0.3) is 0 Å². The Hall–Kier alpha value is -0.880. The van der Waals surface area contributed by atoms with E-state index in [9.17, 15) is 4.79 Å². The summed E-state index contributed by atoms with van der Waals surface area (Å²) in [5.41, 5.74) is 6.06. The van der Waals surface area contributed by atoms with Gasteiger partial charge in [0.2, 0.25) is 5.91 Å². The second-order valence-electron chi connectivity index (χ2n) is 3.26. The van der Waals surface area contributed by atoms with Crippen LogP contribution in [-0.2, 0) is 10.5 Å². The molecule has 0 aliphatic heterocycles. The second kappa shape index (κ2) is 6.76. The Kier molecular flexibility index (Phi) is 5.64. The van der Waals surface area contributed by atoms with E-state index in [-0.39, 0.29) is 5.91 Å². The van der Waals surface area contributed by atoms with Crippen molar-refractivity contribution in [3.63, 3.8) is 0 Å². The van der Waals surface area contributed by atoms with Crippen LogP contribution in [0.2, 0.25) is 0 Å². The van der Waals surface area contributed by atoms with Gasteiger partial charge in [0.1, 0.15) is 11.5 Å². The molecule has 1 aromatic carbocycles. The van der Waals surface area contributed by atoms with Gasteiger partial charge >= 0.3 is 0 Å². The highest BCUT2D eigenvalue weighted by Gasteiger charge is 2.10. The lowest BCUT2D eigenvalue weighted by Crippen LogP contribution is -2.13. The third-order valence-electron chi connectivity index (χ3n) is 2.06. The average Bonchev–Trinajstić information content (AvgIpc) is 2.30. The molecule has 1 rings (SSSR count). The van der Waals surface area contributed by atoms with E-state index in [2.05, 4.69) is 15.9 Å². The Morgan fingerprint density at radius 2 is 2.00 bits per heavy atom. The number of hydrogen-bond donors (Lipinski definition) is 1. The summed E-state index contributed by atoms with van der Waals surface area (Å²) in [6.45, 7) is 0. The normalized spacial score (nSPS) is 10.1. The standard InChI is InChI=1S/C11H14BrNO3S/c1-15-9-4-8(12)10(16-2)3-7(9)5-17-6-11(13)14/h3-4H,5-6H2,1-2H3,(H2,13,14). The van der Waals surface area contributed by atoms with Gasteiger partial charge in [0, 0.05) is 11.3 Å². The molecule has 0 unspecified atom stereocenters. The molecule has 4 nitrogen and oxygen atoms in total. The molecule has 0 fully saturated rings. The number of amides is 1. The molecule has 0 atom stereocenters. The number of carbonyl (C=O) groups excluding carboxylic acids is 1. The van der Waals surface area contributed by atoms with E-state index in [4.69, 9.17) is 15.2 Å². The molecule has 1 amide bonds. The van der Waals surface area contributed by atoms with Crippen molar-refractivity contribution < 1.29 is 14.3 Å². The monoisotopic (exact) mass is 319 g/mol. The molecule has 0 saturated carbocycles. The molecule has 94 valence electrons. The predicted molar refractivity (Wildman–Crippen MR) is 72.6 cm³/mol. The van der Waals surface area contributed by atoms with Crippen LogP contribution in [0.25, 0.3) is 0 Å². The highest BCUT2D eigenvalue weighted by atomic mass is 79.9. The fraction of sp³-hybridized carbons (Fsp3) is 0.364. The van der Waals surface area contributed by atoms with Crippen molar-refractivity contribution in [1.29, 1.82) is 0 Å². The maximum Gasteiger partial charge on any atom is 0.227 e. The van der Waals surface area contributed by atoms with E-state index < -0.39 is 0 Å². The lowest BCUT2D eigenvalue weighted by Gasteiger charge is -2.11. The summed E-state index contributed by atoms with van der Waals surface area (Å²) < 4.78 is 11.3. The molecule has 1 aromatic rings. The minimum absolute atomic E-state index is 0.293. The highest BCUT2D eigenvalue weighted by molar-refractivity contribution is 9.10. The summed E-state index contributed by atoms with van der Waals surface area (Å²) in [6, 6.07) is 3.73. The van der Waals surface area contributed by atoms with Crippen LogP contribution in [0.15, 0.2) is 16.6 Å². The Balaban J connectivity index is 2.84. The van der Waals surface area contributed by atoms with Crippen LogP contribution < -0.4 is 15.2 Å². The molecular formula is C11H14BrNO3S. The van der Waals surface area contributed by atoms with E-state index in [1.165, 1.54) is 11.8 Å². The zero-order valence-corrected chi connectivity index (χ0v) is 12.1.